The van der Waals surface area contributed by atoms with Crippen molar-refractivity contribution in [3.63, 3.8) is 0 Å². The standard InChI is InChI=1S/C18H19N7O3/c26-17(27)14-3-1-13(2-4-14)11-19-18(28)24-9-7-23(8-10-24)16-6-5-15-21-20-12-25(15)22-16/h1-6,12H,7-11H2,(H,19,28)(H,26,27). The Morgan fingerprint density at radius 3 is 2.50 bits per heavy atom. The van der Waals surface area contributed by atoms with Gasteiger partial charge in [-0.3, -0.25) is 0 Å². The largest absolute Gasteiger partial charge is 0.478 e. The summed E-state index contributed by atoms with van der Waals surface area (Å²) in [7, 11) is 0. The Bertz CT molecular complexity index is 994. The smallest absolute Gasteiger partial charge is 0.335 e. The number of benzene rings is 1. The Balaban J connectivity index is 1.29. The van der Waals surface area contributed by atoms with Gasteiger partial charge in [-0.1, -0.05) is 12.1 Å². The van der Waals surface area contributed by atoms with Crippen molar-refractivity contribution in [3.8, 4) is 0 Å². The molecule has 1 aliphatic rings. The molecule has 0 radical (unpaired) electrons. The van der Waals surface area contributed by atoms with Crippen LogP contribution in [-0.4, -0.2) is 68.0 Å². The van der Waals surface area contributed by atoms with E-state index in [1.807, 2.05) is 12.1 Å². The number of nitrogens with one attached hydrogen (secondary N) is 1. The number of carboxylic acids is 1. The molecule has 0 bridgehead atoms. The minimum absolute atomic E-state index is 0.135. The number of carbonyl (C=O) groups excluding carboxylic acids is 1. The molecule has 2 N–H and O–H groups in total. The number of aromatic carboxylic acids is 1. The fourth-order valence-electron chi connectivity index (χ4n) is 3.08. The molecule has 28 heavy (non-hydrogen) atoms. The molecular weight excluding hydrogens is 362 g/mol. The SMILES string of the molecule is O=C(O)c1ccc(CNC(=O)N2CCN(c3ccc4nncn4n3)CC2)cc1. The number of carboxylic acid groups (broad SMARTS) is 1. The summed E-state index contributed by atoms with van der Waals surface area (Å²) < 4.78 is 1.63. The van der Waals surface area contributed by atoms with E-state index in [4.69, 9.17) is 5.11 Å². The lowest BCUT2D eigenvalue weighted by Gasteiger charge is -2.35. The van der Waals surface area contributed by atoms with Crippen LogP contribution in [0, 0.1) is 0 Å². The number of aromatic nitrogens is 4. The zero-order valence-corrected chi connectivity index (χ0v) is 15.0. The number of piperazine rings is 1. The highest BCUT2D eigenvalue weighted by molar-refractivity contribution is 5.87. The zero-order valence-electron chi connectivity index (χ0n) is 15.0. The number of urea groups is 1. The predicted octanol–water partition coefficient (Wildman–Crippen LogP) is 0.854. The number of hydrogen-bond acceptors (Lipinski definition) is 6. The Hall–Kier alpha value is -3.69. The summed E-state index contributed by atoms with van der Waals surface area (Å²) in [5.74, 6) is -0.141. The van der Waals surface area contributed by atoms with Gasteiger partial charge in [-0.15, -0.1) is 15.3 Å². The van der Waals surface area contributed by atoms with E-state index in [0.29, 0.717) is 38.4 Å². The van der Waals surface area contributed by atoms with Crippen LogP contribution in [-0.2, 0) is 6.54 Å². The average molecular weight is 381 g/mol. The van der Waals surface area contributed by atoms with Gasteiger partial charge >= 0.3 is 12.0 Å². The number of anilines is 1. The van der Waals surface area contributed by atoms with E-state index < -0.39 is 5.97 Å². The van der Waals surface area contributed by atoms with Crippen molar-refractivity contribution < 1.29 is 14.7 Å². The molecule has 1 saturated heterocycles. The summed E-state index contributed by atoms with van der Waals surface area (Å²) in [5.41, 5.74) is 1.77. The minimum atomic E-state index is -0.966. The van der Waals surface area contributed by atoms with E-state index in [9.17, 15) is 9.59 Å². The minimum Gasteiger partial charge on any atom is -0.478 e. The molecule has 2 aromatic heterocycles. The van der Waals surface area contributed by atoms with Crippen LogP contribution in [0.3, 0.4) is 0 Å². The third-order valence-corrected chi connectivity index (χ3v) is 4.68. The molecule has 0 spiro atoms. The second-order valence-electron chi connectivity index (χ2n) is 6.46. The predicted molar refractivity (Wildman–Crippen MR) is 100 cm³/mol. The quantitative estimate of drug-likeness (QED) is 0.688. The molecule has 0 aliphatic carbocycles. The van der Waals surface area contributed by atoms with E-state index in [-0.39, 0.29) is 11.6 Å². The average Bonchev–Trinajstić information content (AvgIpc) is 3.20. The van der Waals surface area contributed by atoms with Crippen molar-refractivity contribution in [3.05, 3.63) is 53.9 Å². The van der Waals surface area contributed by atoms with Crippen molar-refractivity contribution in [2.45, 2.75) is 6.54 Å². The third kappa shape index (κ3) is 3.70. The fraction of sp³-hybridized carbons (Fsp3) is 0.278. The van der Waals surface area contributed by atoms with Crippen LogP contribution in [0.15, 0.2) is 42.7 Å². The van der Waals surface area contributed by atoms with Crippen molar-refractivity contribution >= 4 is 23.5 Å². The number of rotatable bonds is 4. The Morgan fingerprint density at radius 1 is 1.04 bits per heavy atom. The van der Waals surface area contributed by atoms with Gasteiger partial charge in [-0.2, -0.15) is 4.52 Å². The van der Waals surface area contributed by atoms with E-state index in [1.54, 1.807) is 27.9 Å². The molecule has 144 valence electrons. The molecule has 4 rings (SSSR count). The summed E-state index contributed by atoms with van der Waals surface area (Å²) >= 11 is 0. The van der Waals surface area contributed by atoms with E-state index in [2.05, 4.69) is 25.5 Å². The summed E-state index contributed by atoms with van der Waals surface area (Å²) in [6.07, 6.45) is 1.56. The Labute approximate surface area is 160 Å². The molecular formula is C18H19N7O3. The van der Waals surface area contributed by atoms with Crippen LogP contribution in [0.1, 0.15) is 15.9 Å². The maximum atomic E-state index is 12.4. The number of hydrogen-bond donors (Lipinski definition) is 2. The number of amides is 2. The van der Waals surface area contributed by atoms with Gasteiger partial charge in [-0.25, -0.2) is 9.59 Å². The number of carbonyl (C=O) groups is 2. The van der Waals surface area contributed by atoms with Crippen molar-refractivity contribution in [1.82, 2.24) is 30.0 Å². The maximum absolute atomic E-state index is 12.4. The first kappa shape index (κ1) is 17.7. The second-order valence-corrected chi connectivity index (χ2v) is 6.46. The molecule has 3 heterocycles. The number of nitrogens with zero attached hydrogens (tertiary/aromatic N) is 6. The van der Waals surface area contributed by atoms with Crippen molar-refractivity contribution in [1.29, 1.82) is 0 Å². The van der Waals surface area contributed by atoms with Crippen LogP contribution in [0.5, 0.6) is 0 Å². The van der Waals surface area contributed by atoms with E-state index in [1.165, 1.54) is 12.1 Å². The normalized spacial score (nSPS) is 14.3. The number of fused-ring (bicyclic) bond motifs is 1. The van der Waals surface area contributed by atoms with Gasteiger partial charge in [0.2, 0.25) is 0 Å². The molecule has 1 fully saturated rings. The van der Waals surface area contributed by atoms with Gasteiger partial charge in [-0.05, 0) is 29.8 Å². The van der Waals surface area contributed by atoms with Crippen LogP contribution >= 0.6 is 0 Å². The van der Waals surface area contributed by atoms with Gasteiger partial charge in [0.25, 0.3) is 0 Å². The Kier molecular flexibility index (Phi) is 4.75. The van der Waals surface area contributed by atoms with Gasteiger partial charge in [0.1, 0.15) is 12.1 Å². The van der Waals surface area contributed by atoms with Crippen LogP contribution in [0.4, 0.5) is 10.6 Å². The molecule has 0 atom stereocenters. The highest BCUT2D eigenvalue weighted by atomic mass is 16.4. The van der Waals surface area contributed by atoms with Crippen LogP contribution < -0.4 is 10.2 Å². The summed E-state index contributed by atoms with van der Waals surface area (Å²) in [4.78, 5) is 27.2. The van der Waals surface area contributed by atoms with E-state index >= 15 is 0 Å². The monoisotopic (exact) mass is 381 g/mol. The maximum Gasteiger partial charge on any atom is 0.335 e. The lowest BCUT2D eigenvalue weighted by atomic mass is 10.1. The van der Waals surface area contributed by atoms with Crippen LogP contribution in [0.2, 0.25) is 0 Å². The first-order valence-corrected chi connectivity index (χ1v) is 8.87. The molecule has 1 aromatic carbocycles. The lowest BCUT2D eigenvalue weighted by molar-refractivity contribution is 0.0697. The summed E-state index contributed by atoms with van der Waals surface area (Å²) in [6, 6.07) is 10.1. The molecule has 1 aliphatic heterocycles. The molecule has 0 unspecified atom stereocenters. The van der Waals surface area contributed by atoms with Gasteiger partial charge < -0.3 is 20.2 Å². The fourth-order valence-corrected chi connectivity index (χ4v) is 3.08. The highest BCUT2D eigenvalue weighted by Crippen LogP contribution is 2.14. The van der Waals surface area contributed by atoms with Crippen LogP contribution in [0.25, 0.3) is 5.65 Å². The third-order valence-electron chi connectivity index (χ3n) is 4.68. The van der Waals surface area contributed by atoms with Gasteiger partial charge in [0.15, 0.2) is 5.65 Å². The second kappa shape index (κ2) is 7.51. The topological polar surface area (TPSA) is 116 Å². The Morgan fingerprint density at radius 2 is 1.79 bits per heavy atom. The van der Waals surface area contributed by atoms with Gasteiger partial charge in [0, 0.05) is 32.7 Å². The van der Waals surface area contributed by atoms with Crippen molar-refractivity contribution in [2.75, 3.05) is 31.1 Å². The van der Waals surface area contributed by atoms with Crippen molar-refractivity contribution in [2.24, 2.45) is 0 Å². The van der Waals surface area contributed by atoms with E-state index in [0.717, 1.165) is 11.4 Å². The van der Waals surface area contributed by atoms with Gasteiger partial charge in [0.05, 0.1) is 5.56 Å². The summed E-state index contributed by atoms with van der Waals surface area (Å²) in [5, 5.41) is 24.0. The lowest BCUT2D eigenvalue weighted by Crippen LogP contribution is -2.52. The molecule has 3 aromatic rings. The molecule has 10 heteroatoms. The first-order chi connectivity index (χ1) is 13.6. The summed E-state index contributed by atoms with van der Waals surface area (Å²) in [6.45, 7) is 2.89. The zero-order chi connectivity index (χ0) is 19.5. The molecule has 0 saturated carbocycles. The molecule has 10 nitrogen and oxygen atoms in total. The first-order valence-electron chi connectivity index (χ1n) is 8.87. The highest BCUT2D eigenvalue weighted by Gasteiger charge is 2.22. The molecule has 2 amide bonds.